The fourth-order valence-corrected chi connectivity index (χ4v) is 1.36. The van der Waals surface area contributed by atoms with E-state index in [0.717, 1.165) is 18.3 Å². The third kappa shape index (κ3) is 4.65. The van der Waals surface area contributed by atoms with E-state index in [-0.39, 0.29) is 5.69 Å². The molecule has 0 unspecified atom stereocenters. The van der Waals surface area contributed by atoms with E-state index in [0.29, 0.717) is 12.1 Å². The fourth-order valence-electron chi connectivity index (χ4n) is 1.36. The van der Waals surface area contributed by atoms with E-state index in [1.807, 2.05) is 0 Å². The van der Waals surface area contributed by atoms with Gasteiger partial charge in [-0.05, 0) is 18.2 Å². The first kappa shape index (κ1) is 16.8. The largest absolute Gasteiger partial charge is 0.471 e. The fraction of sp³-hybridized carbons (Fsp3) is 0.273. The van der Waals surface area contributed by atoms with Gasteiger partial charge in [-0.15, -0.1) is 0 Å². The van der Waals surface area contributed by atoms with E-state index in [1.165, 1.54) is 0 Å². The molecule has 2 amide bonds. The molecule has 0 aromatic heterocycles. The maximum Gasteiger partial charge on any atom is 0.471 e. The molecule has 0 saturated carbocycles. The minimum absolute atomic E-state index is 0.264. The molecule has 10 heteroatoms. The van der Waals surface area contributed by atoms with Gasteiger partial charge in [-0.25, -0.2) is 0 Å². The van der Waals surface area contributed by atoms with Crippen LogP contribution in [0.3, 0.4) is 0 Å². The van der Waals surface area contributed by atoms with Gasteiger partial charge in [0, 0.05) is 12.6 Å². The maximum atomic E-state index is 12.8. The van der Waals surface area contributed by atoms with Crippen LogP contribution in [0, 0.1) is 0 Å². The van der Waals surface area contributed by atoms with Crippen molar-refractivity contribution >= 4 is 23.2 Å². The average Bonchev–Trinajstić information content (AvgIpc) is 2.27. The number of benzene rings is 1. The molecule has 2 N–H and O–H groups in total. The highest BCUT2D eigenvalue weighted by molar-refractivity contribution is 5.96. The Morgan fingerprint density at radius 2 is 1.57 bits per heavy atom. The van der Waals surface area contributed by atoms with E-state index in [4.69, 9.17) is 0 Å². The highest BCUT2D eigenvalue weighted by Crippen LogP contribution is 2.37. The highest BCUT2D eigenvalue weighted by atomic mass is 19.4. The topological polar surface area (TPSA) is 58.2 Å². The zero-order chi connectivity index (χ0) is 16.4. The zero-order valence-corrected chi connectivity index (χ0v) is 10.3. The average molecular weight is 314 g/mol. The minimum Gasteiger partial charge on any atom is -0.326 e. The van der Waals surface area contributed by atoms with Crippen LogP contribution in [-0.2, 0) is 15.8 Å². The summed E-state index contributed by atoms with van der Waals surface area (Å²) >= 11 is 0. The van der Waals surface area contributed by atoms with Crippen molar-refractivity contribution in [2.75, 3.05) is 10.6 Å². The highest BCUT2D eigenvalue weighted by Gasteiger charge is 2.41. The summed E-state index contributed by atoms with van der Waals surface area (Å²) in [6.07, 6.45) is -10.3. The van der Waals surface area contributed by atoms with Crippen LogP contribution < -0.4 is 10.6 Å². The summed E-state index contributed by atoms with van der Waals surface area (Å²) < 4.78 is 74.5. The molecule has 0 radical (unpaired) electrons. The van der Waals surface area contributed by atoms with E-state index in [2.05, 4.69) is 5.32 Å². The van der Waals surface area contributed by atoms with Gasteiger partial charge in [-0.2, -0.15) is 26.3 Å². The van der Waals surface area contributed by atoms with Crippen molar-refractivity contribution in [3.63, 3.8) is 0 Å². The Kier molecular flexibility index (Phi) is 4.49. The SMILES string of the molecule is CC(=O)Nc1ccc(NC(=O)C(F)(F)F)c(C(F)(F)F)c1. The standard InChI is InChI=1S/C11H8F6N2O2/c1-5(20)18-6-2-3-8(7(4-6)10(12,13)14)19-9(21)11(15,16)17/h2-4H,1H3,(H,18,20)(H,19,21). The molecule has 0 aliphatic rings. The van der Waals surface area contributed by atoms with Crippen molar-refractivity contribution < 1.29 is 35.9 Å². The van der Waals surface area contributed by atoms with Gasteiger partial charge in [0.1, 0.15) is 0 Å². The van der Waals surface area contributed by atoms with Gasteiger partial charge in [0.05, 0.1) is 11.3 Å². The molecule has 0 atom stereocenters. The van der Waals surface area contributed by atoms with Gasteiger partial charge in [-0.1, -0.05) is 0 Å². The van der Waals surface area contributed by atoms with E-state index in [9.17, 15) is 35.9 Å². The molecule has 4 nitrogen and oxygen atoms in total. The summed E-state index contributed by atoms with van der Waals surface area (Å²) in [5.41, 5.74) is -2.83. The number of alkyl halides is 6. The molecule has 0 saturated heterocycles. The lowest BCUT2D eigenvalue weighted by atomic mass is 10.1. The Balaban J connectivity index is 3.20. The smallest absolute Gasteiger partial charge is 0.326 e. The number of nitrogens with one attached hydrogen (secondary N) is 2. The van der Waals surface area contributed by atoms with Gasteiger partial charge in [-0.3, -0.25) is 9.59 Å². The molecular weight excluding hydrogens is 306 g/mol. The van der Waals surface area contributed by atoms with Crippen LogP contribution in [0.4, 0.5) is 37.7 Å². The van der Waals surface area contributed by atoms with Crippen LogP contribution in [0.2, 0.25) is 0 Å². The lowest BCUT2D eigenvalue weighted by Crippen LogP contribution is -2.31. The first-order chi connectivity index (χ1) is 9.41. The van der Waals surface area contributed by atoms with E-state index in [1.54, 1.807) is 0 Å². The lowest BCUT2D eigenvalue weighted by Gasteiger charge is -2.16. The van der Waals surface area contributed by atoms with E-state index >= 15 is 0 Å². The van der Waals surface area contributed by atoms with E-state index < -0.39 is 35.4 Å². The van der Waals surface area contributed by atoms with Crippen molar-refractivity contribution in [3.8, 4) is 0 Å². The number of halogens is 6. The molecule has 0 spiro atoms. The number of hydrogen-bond acceptors (Lipinski definition) is 2. The number of rotatable bonds is 2. The van der Waals surface area contributed by atoms with Crippen LogP contribution >= 0.6 is 0 Å². The van der Waals surface area contributed by atoms with Crippen molar-refractivity contribution in [1.82, 2.24) is 0 Å². The van der Waals surface area contributed by atoms with Gasteiger partial charge in [0.2, 0.25) is 5.91 Å². The molecule has 0 aliphatic carbocycles. The summed E-state index contributed by atoms with van der Waals surface area (Å²) in [5.74, 6) is -3.18. The predicted octanol–water partition coefficient (Wildman–Crippen LogP) is 3.16. The molecule has 116 valence electrons. The van der Waals surface area contributed by atoms with Gasteiger partial charge >= 0.3 is 18.3 Å². The van der Waals surface area contributed by atoms with Crippen molar-refractivity contribution in [1.29, 1.82) is 0 Å². The lowest BCUT2D eigenvalue weighted by molar-refractivity contribution is -0.167. The second-order valence-corrected chi connectivity index (χ2v) is 3.89. The Labute approximate surface area is 114 Å². The van der Waals surface area contributed by atoms with Gasteiger partial charge in [0.25, 0.3) is 0 Å². The Morgan fingerprint density at radius 1 is 1.00 bits per heavy atom. The molecule has 1 aromatic rings. The van der Waals surface area contributed by atoms with Crippen molar-refractivity contribution in [3.05, 3.63) is 23.8 Å². The molecule has 1 rings (SSSR count). The number of amides is 2. The zero-order valence-electron chi connectivity index (χ0n) is 10.3. The summed E-state index contributed by atoms with van der Waals surface area (Å²) in [6.45, 7) is 1.05. The summed E-state index contributed by atoms with van der Waals surface area (Å²) in [4.78, 5) is 21.5. The minimum atomic E-state index is -5.32. The van der Waals surface area contributed by atoms with Crippen molar-refractivity contribution in [2.45, 2.75) is 19.3 Å². The first-order valence-electron chi connectivity index (χ1n) is 5.28. The molecule has 0 heterocycles. The quantitative estimate of drug-likeness (QED) is 0.824. The molecular formula is C11H8F6N2O2. The number of carbonyl (C=O) groups is 2. The number of carbonyl (C=O) groups excluding carboxylic acids is 2. The molecule has 1 aromatic carbocycles. The monoisotopic (exact) mass is 314 g/mol. The Bertz CT molecular complexity index is 565. The molecule has 21 heavy (non-hydrogen) atoms. The Morgan fingerprint density at radius 3 is 2.00 bits per heavy atom. The third-order valence-corrected chi connectivity index (χ3v) is 2.15. The molecule has 0 fully saturated rings. The summed E-state index contributed by atoms with van der Waals surface area (Å²) in [7, 11) is 0. The number of anilines is 2. The summed E-state index contributed by atoms with van der Waals surface area (Å²) in [5, 5.41) is 3.20. The van der Waals surface area contributed by atoms with Crippen LogP contribution in [-0.4, -0.2) is 18.0 Å². The Hall–Kier alpha value is -2.26. The van der Waals surface area contributed by atoms with Crippen LogP contribution in [0.25, 0.3) is 0 Å². The molecule has 0 bridgehead atoms. The van der Waals surface area contributed by atoms with Crippen molar-refractivity contribution in [2.24, 2.45) is 0 Å². The third-order valence-electron chi connectivity index (χ3n) is 2.15. The van der Waals surface area contributed by atoms with Gasteiger partial charge in [0.15, 0.2) is 0 Å². The number of hydrogen-bond donors (Lipinski definition) is 2. The normalized spacial score (nSPS) is 12.0. The second kappa shape index (κ2) is 5.62. The van der Waals surface area contributed by atoms with Crippen LogP contribution in [0.15, 0.2) is 18.2 Å². The van der Waals surface area contributed by atoms with Crippen LogP contribution in [0.1, 0.15) is 12.5 Å². The second-order valence-electron chi connectivity index (χ2n) is 3.89. The van der Waals surface area contributed by atoms with Gasteiger partial charge < -0.3 is 10.6 Å². The first-order valence-corrected chi connectivity index (χ1v) is 5.28. The molecule has 0 aliphatic heterocycles. The predicted molar refractivity (Wildman–Crippen MR) is 60.4 cm³/mol. The maximum absolute atomic E-state index is 12.8. The summed E-state index contributed by atoms with van der Waals surface area (Å²) in [6, 6.07) is 1.98. The van der Waals surface area contributed by atoms with Crippen LogP contribution in [0.5, 0.6) is 0 Å².